The van der Waals surface area contributed by atoms with Crippen LogP contribution in [0.2, 0.25) is 0 Å². The van der Waals surface area contributed by atoms with E-state index in [0.29, 0.717) is 12.1 Å². The van der Waals surface area contributed by atoms with Gasteiger partial charge >= 0.3 is 30.1 Å². The molecule has 0 heterocycles. The molecule has 2 rings (SSSR count). The summed E-state index contributed by atoms with van der Waals surface area (Å²) in [5.74, 6) is -8.56. The third kappa shape index (κ3) is 4.19. The van der Waals surface area contributed by atoms with Gasteiger partial charge in [0.15, 0.2) is 0 Å². The number of hydrogen-bond donors (Lipinski definition) is 0. The molecule has 0 bridgehead atoms. The maximum absolute atomic E-state index is 14.8. The molecular weight excluding hydrogens is 531 g/mol. The minimum absolute atomic E-state index is 0.0113. The SMILES string of the molecule is Fc1ccccc1C1(Br)[CH]C(C(F)(F)F)=CC(C(F)(C(F)(F)F)C(F)(F)C(F)(F)F)=C1. The number of allylic oxidation sites excluding steroid dienone is 4. The highest BCUT2D eigenvalue weighted by Crippen LogP contribution is 2.59. The largest absolute Gasteiger partial charge is 0.457 e. The van der Waals surface area contributed by atoms with E-state index in [1.807, 2.05) is 0 Å². The van der Waals surface area contributed by atoms with E-state index in [1.165, 1.54) is 0 Å². The first-order valence-corrected chi connectivity index (χ1v) is 8.50. The van der Waals surface area contributed by atoms with Crippen molar-refractivity contribution in [1.29, 1.82) is 0 Å². The Labute approximate surface area is 173 Å². The molecule has 2 atom stereocenters. The van der Waals surface area contributed by atoms with Gasteiger partial charge in [-0.15, -0.1) is 0 Å². The molecule has 31 heavy (non-hydrogen) atoms. The minimum atomic E-state index is -7.20. The Balaban J connectivity index is 2.92. The van der Waals surface area contributed by atoms with Crippen LogP contribution in [0.15, 0.2) is 47.6 Å². The highest BCUT2D eigenvalue weighted by Gasteiger charge is 2.82. The lowest BCUT2D eigenvalue weighted by molar-refractivity contribution is -0.371. The van der Waals surface area contributed by atoms with E-state index in [2.05, 4.69) is 15.9 Å². The van der Waals surface area contributed by atoms with Gasteiger partial charge in [-0.25, -0.2) is 8.78 Å². The predicted octanol–water partition coefficient (Wildman–Crippen LogP) is 7.52. The molecule has 1 aromatic carbocycles. The van der Waals surface area contributed by atoms with Gasteiger partial charge in [-0.1, -0.05) is 40.2 Å². The zero-order valence-corrected chi connectivity index (χ0v) is 15.9. The van der Waals surface area contributed by atoms with E-state index >= 15 is 0 Å². The maximum atomic E-state index is 14.8. The van der Waals surface area contributed by atoms with Gasteiger partial charge in [0, 0.05) is 23.1 Å². The summed E-state index contributed by atoms with van der Waals surface area (Å²) in [4.78, 5) is 0. The van der Waals surface area contributed by atoms with E-state index in [4.69, 9.17) is 0 Å². The Bertz CT molecular complexity index is 906. The van der Waals surface area contributed by atoms with Crippen molar-refractivity contribution in [2.24, 2.45) is 0 Å². The molecule has 0 N–H and O–H groups in total. The second-order valence-corrected chi connectivity index (χ2v) is 7.63. The molecule has 0 spiro atoms. The van der Waals surface area contributed by atoms with Gasteiger partial charge in [0.2, 0.25) is 0 Å². The molecule has 14 heteroatoms. The first-order valence-electron chi connectivity index (χ1n) is 7.71. The monoisotopic (exact) mass is 537 g/mol. The average molecular weight is 538 g/mol. The van der Waals surface area contributed by atoms with Gasteiger partial charge in [-0.2, -0.15) is 48.3 Å². The molecule has 2 unspecified atom stereocenters. The molecule has 0 fully saturated rings. The lowest BCUT2D eigenvalue weighted by Crippen LogP contribution is -2.63. The first kappa shape index (κ1) is 25.5. The highest BCUT2D eigenvalue weighted by atomic mass is 79.9. The molecule has 1 aromatic rings. The summed E-state index contributed by atoms with van der Waals surface area (Å²) in [6.45, 7) is 0. The number of halogens is 14. The molecule has 1 aliphatic carbocycles. The van der Waals surface area contributed by atoms with Gasteiger partial charge in [-0.3, -0.25) is 0 Å². The van der Waals surface area contributed by atoms with Crippen molar-refractivity contribution < 1.29 is 57.1 Å². The Morgan fingerprint density at radius 1 is 0.710 bits per heavy atom. The average Bonchev–Trinajstić information content (AvgIpc) is 2.57. The lowest BCUT2D eigenvalue weighted by atomic mass is 9.77. The molecular formula is C17H7BrF13. The topological polar surface area (TPSA) is 0 Å². The van der Waals surface area contributed by atoms with Crippen LogP contribution in [0.3, 0.4) is 0 Å². The fraction of sp³-hybridized carbons (Fsp3) is 0.353. The second kappa shape index (κ2) is 7.41. The normalized spacial score (nSPS) is 23.2. The van der Waals surface area contributed by atoms with Crippen LogP contribution in [0.4, 0.5) is 57.1 Å². The Morgan fingerprint density at radius 3 is 1.65 bits per heavy atom. The van der Waals surface area contributed by atoms with Gasteiger partial charge in [0.1, 0.15) is 5.82 Å². The summed E-state index contributed by atoms with van der Waals surface area (Å²) in [5, 5.41) is 0. The molecule has 1 radical (unpaired) electrons. The molecule has 1 aliphatic rings. The highest BCUT2D eigenvalue weighted by molar-refractivity contribution is 9.09. The number of hydrogen-bond acceptors (Lipinski definition) is 0. The minimum Gasteiger partial charge on any atom is -0.221 e. The number of benzene rings is 1. The maximum Gasteiger partial charge on any atom is 0.457 e. The molecule has 0 saturated heterocycles. The van der Waals surface area contributed by atoms with Crippen molar-refractivity contribution in [2.75, 3.05) is 0 Å². The van der Waals surface area contributed by atoms with Crippen molar-refractivity contribution >= 4 is 15.9 Å². The van der Waals surface area contributed by atoms with Crippen molar-refractivity contribution in [3.05, 3.63) is 65.4 Å². The zero-order valence-electron chi connectivity index (χ0n) is 14.3. The quantitative estimate of drug-likeness (QED) is 0.276. The number of alkyl halides is 13. The van der Waals surface area contributed by atoms with Crippen molar-refractivity contribution in [3.63, 3.8) is 0 Å². The van der Waals surface area contributed by atoms with Crippen molar-refractivity contribution in [2.45, 2.75) is 34.4 Å². The van der Waals surface area contributed by atoms with Gasteiger partial charge in [0.25, 0.3) is 0 Å². The summed E-state index contributed by atoms with van der Waals surface area (Å²) >= 11 is 2.43. The molecule has 0 amide bonds. The molecule has 0 saturated carbocycles. The van der Waals surface area contributed by atoms with Crippen LogP contribution in [0.1, 0.15) is 5.56 Å². The van der Waals surface area contributed by atoms with E-state index in [9.17, 15) is 57.1 Å². The van der Waals surface area contributed by atoms with E-state index < -0.39 is 63.0 Å². The van der Waals surface area contributed by atoms with E-state index in [-0.39, 0.29) is 12.5 Å². The Hall–Kier alpha value is -1.73. The standard InChI is InChI=1S/C17H7BrF13/c18-12(10-3-1-2-4-11(10)19)6-8(5-9(7-12)14(21,22)23)13(20,16(26,27)28)15(24,25)17(29,30)31/h1-7H. The van der Waals surface area contributed by atoms with Crippen LogP contribution < -0.4 is 0 Å². The summed E-state index contributed by atoms with van der Waals surface area (Å²) in [6, 6.07) is 3.34. The molecule has 0 aromatic heterocycles. The summed E-state index contributed by atoms with van der Waals surface area (Å²) in [5.41, 5.74) is -12.5. The molecule has 0 aliphatic heterocycles. The molecule has 0 nitrogen and oxygen atoms in total. The summed E-state index contributed by atoms with van der Waals surface area (Å²) < 4.78 is 171. The summed E-state index contributed by atoms with van der Waals surface area (Å²) in [7, 11) is 0. The predicted molar refractivity (Wildman–Crippen MR) is 84.4 cm³/mol. The van der Waals surface area contributed by atoms with Crippen molar-refractivity contribution in [3.8, 4) is 0 Å². The van der Waals surface area contributed by atoms with Crippen LogP contribution in [0.5, 0.6) is 0 Å². The van der Waals surface area contributed by atoms with Crippen LogP contribution >= 0.6 is 15.9 Å². The third-order valence-corrected chi connectivity index (χ3v) is 5.12. The Morgan fingerprint density at radius 2 is 1.23 bits per heavy atom. The van der Waals surface area contributed by atoms with Crippen LogP contribution in [-0.4, -0.2) is 30.1 Å². The zero-order chi connectivity index (χ0) is 24.3. The number of rotatable bonds is 3. The fourth-order valence-electron chi connectivity index (χ4n) is 2.75. The third-order valence-electron chi connectivity index (χ3n) is 4.23. The van der Waals surface area contributed by atoms with Crippen LogP contribution in [0.25, 0.3) is 0 Å². The van der Waals surface area contributed by atoms with E-state index in [0.717, 1.165) is 12.1 Å². The van der Waals surface area contributed by atoms with E-state index in [1.54, 1.807) is 0 Å². The smallest absolute Gasteiger partial charge is 0.221 e. The first-order chi connectivity index (χ1) is 13.7. The van der Waals surface area contributed by atoms with Gasteiger partial charge < -0.3 is 0 Å². The fourth-order valence-corrected chi connectivity index (χ4v) is 3.57. The second-order valence-electron chi connectivity index (χ2n) is 6.32. The van der Waals surface area contributed by atoms with Crippen LogP contribution in [0, 0.1) is 12.2 Å². The summed E-state index contributed by atoms with van der Waals surface area (Å²) in [6.07, 6.45) is -20.9. The van der Waals surface area contributed by atoms with Gasteiger partial charge in [-0.05, 0) is 12.1 Å². The van der Waals surface area contributed by atoms with Crippen LogP contribution in [-0.2, 0) is 4.32 Å². The Kier molecular flexibility index (Phi) is 6.10. The van der Waals surface area contributed by atoms with Crippen molar-refractivity contribution in [1.82, 2.24) is 0 Å². The van der Waals surface area contributed by atoms with Gasteiger partial charge in [0.05, 0.1) is 4.32 Å². The lowest BCUT2D eigenvalue weighted by Gasteiger charge is -2.40. The molecule has 173 valence electrons.